The van der Waals surface area contributed by atoms with Crippen molar-refractivity contribution in [1.29, 1.82) is 0 Å². The summed E-state index contributed by atoms with van der Waals surface area (Å²) in [5.41, 5.74) is 7.15. The molecule has 0 spiro atoms. The number of hydrogen-bond acceptors (Lipinski definition) is 3. The summed E-state index contributed by atoms with van der Waals surface area (Å²) in [5, 5.41) is 2.00. The van der Waals surface area contributed by atoms with Gasteiger partial charge in [0.1, 0.15) is 0 Å². The number of aryl methyl sites for hydroxylation is 1. The summed E-state index contributed by atoms with van der Waals surface area (Å²) in [7, 11) is 0. The van der Waals surface area contributed by atoms with E-state index in [1.807, 2.05) is 16.3 Å². The van der Waals surface area contributed by atoms with Gasteiger partial charge in [0.05, 0.1) is 4.88 Å². The molecule has 2 N–H and O–H groups in total. The summed E-state index contributed by atoms with van der Waals surface area (Å²) in [6.45, 7) is 5.79. The fourth-order valence-electron chi connectivity index (χ4n) is 2.51. The highest BCUT2D eigenvalue weighted by atomic mass is 32.1. The topological polar surface area (TPSA) is 46.3 Å². The Bertz CT molecular complexity index is 392. The first-order valence-corrected chi connectivity index (χ1v) is 7.11. The lowest BCUT2D eigenvalue weighted by Gasteiger charge is -2.34. The molecule has 2 unspecified atom stereocenters. The van der Waals surface area contributed by atoms with Gasteiger partial charge in [-0.3, -0.25) is 4.79 Å². The molecule has 17 heavy (non-hydrogen) atoms. The molecule has 1 saturated heterocycles. The van der Waals surface area contributed by atoms with Crippen LogP contribution in [0.1, 0.15) is 35.5 Å². The minimum Gasteiger partial charge on any atom is -0.336 e. The Kier molecular flexibility index (Phi) is 3.84. The van der Waals surface area contributed by atoms with Crippen molar-refractivity contribution in [1.82, 2.24) is 4.90 Å². The van der Waals surface area contributed by atoms with Crippen LogP contribution in [0.2, 0.25) is 0 Å². The van der Waals surface area contributed by atoms with E-state index < -0.39 is 0 Å². The Morgan fingerprint density at radius 2 is 2.35 bits per heavy atom. The van der Waals surface area contributed by atoms with Crippen molar-refractivity contribution in [2.45, 2.75) is 32.7 Å². The first kappa shape index (κ1) is 12.6. The molecule has 3 nitrogen and oxygen atoms in total. The van der Waals surface area contributed by atoms with Crippen molar-refractivity contribution < 1.29 is 4.79 Å². The van der Waals surface area contributed by atoms with Crippen molar-refractivity contribution in [3.05, 3.63) is 21.9 Å². The average molecular weight is 252 g/mol. The second-order valence-electron chi connectivity index (χ2n) is 4.94. The lowest BCUT2D eigenvalue weighted by Crippen LogP contribution is -2.48. The number of nitrogens with zero attached hydrogens (tertiary/aromatic N) is 1. The minimum atomic E-state index is 0.132. The average Bonchev–Trinajstić information content (AvgIpc) is 2.74. The summed E-state index contributed by atoms with van der Waals surface area (Å²) in [5.74, 6) is 0.673. The second-order valence-corrected chi connectivity index (χ2v) is 5.86. The maximum atomic E-state index is 12.4. The predicted octanol–water partition coefficient (Wildman–Crippen LogP) is 2.12. The van der Waals surface area contributed by atoms with Gasteiger partial charge in [0.2, 0.25) is 0 Å². The molecule has 1 amide bonds. The van der Waals surface area contributed by atoms with E-state index in [-0.39, 0.29) is 11.9 Å². The number of amides is 1. The molecule has 1 aliphatic heterocycles. The summed E-state index contributed by atoms with van der Waals surface area (Å²) < 4.78 is 0. The van der Waals surface area contributed by atoms with Crippen molar-refractivity contribution in [2.75, 3.05) is 13.1 Å². The van der Waals surface area contributed by atoms with E-state index in [2.05, 4.69) is 13.8 Å². The zero-order chi connectivity index (χ0) is 12.4. The number of carbonyl (C=O) groups excluding carboxylic acids is 1. The van der Waals surface area contributed by atoms with Crippen LogP contribution in [0.5, 0.6) is 0 Å². The first-order valence-electron chi connectivity index (χ1n) is 6.23. The van der Waals surface area contributed by atoms with Crippen LogP contribution in [0.15, 0.2) is 11.4 Å². The zero-order valence-corrected chi connectivity index (χ0v) is 11.3. The van der Waals surface area contributed by atoms with Crippen molar-refractivity contribution in [3.63, 3.8) is 0 Å². The van der Waals surface area contributed by atoms with E-state index in [1.54, 1.807) is 11.3 Å². The summed E-state index contributed by atoms with van der Waals surface area (Å²) in [6.07, 6.45) is 1.94. The van der Waals surface area contributed by atoms with Gasteiger partial charge in [-0.1, -0.05) is 13.8 Å². The number of likely N-dealkylation sites (tertiary alicyclic amines) is 1. The molecule has 0 aliphatic carbocycles. The molecule has 1 aromatic heterocycles. The van der Waals surface area contributed by atoms with E-state index in [9.17, 15) is 4.79 Å². The Morgan fingerprint density at radius 1 is 1.59 bits per heavy atom. The maximum absolute atomic E-state index is 12.4. The van der Waals surface area contributed by atoms with Crippen LogP contribution in [0.25, 0.3) is 0 Å². The summed E-state index contributed by atoms with van der Waals surface area (Å²) >= 11 is 1.55. The smallest absolute Gasteiger partial charge is 0.264 e. The molecule has 1 aliphatic rings. The van der Waals surface area contributed by atoms with Crippen molar-refractivity contribution >= 4 is 17.2 Å². The van der Waals surface area contributed by atoms with Crippen molar-refractivity contribution in [2.24, 2.45) is 11.7 Å². The standard InChI is InChI=1S/C13H20N2OS/c1-3-10-4-5-17-12(10)13(16)15-7-9(2)6-11(14)8-15/h4-5,9,11H,3,6-8,14H2,1-2H3. The Labute approximate surface area is 107 Å². The molecule has 0 saturated carbocycles. The Hall–Kier alpha value is -0.870. The van der Waals surface area contributed by atoms with Crippen LogP contribution < -0.4 is 5.73 Å². The normalized spacial score (nSPS) is 25.0. The monoisotopic (exact) mass is 252 g/mol. The second kappa shape index (κ2) is 5.19. The zero-order valence-electron chi connectivity index (χ0n) is 10.5. The molecule has 1 fully saturated rings. The number of rotatable bonds is 2. The highest BCUT2D eigenvalue weighted by molar-refractivity contribution is 7.12. The van der Waals surface area contributed by atoms with E-state index in [4.69, 9.17) is 5.73 Å². The lowest BCUT2D eigenvalue weighted by atomic mass is 9.96. The number of piperidine rings is 1. The molecular weight excluding hydrogens is 232 g/mol. The fourth-order valence-corrected chi connectivity index (χ4v) is 3.47. The molecule has 0 bridgehead atoms. The minimum absolute atomic E-state index is 0.132. The van der Waals surface area contributed by atoms with Gasteiger partial charge in [0, 0.05) is 19.1 Å². The van der Waals surface area contributed by atoms with E-state index >= 15 is 0 Å². The third-order valence-electron chi connectivity index (χ3n) is 3.30. The van der Waals surface area contributed by atoms with Gasteiger partial charge in [-0.15, -0.1) is 11.3 Å². The number of nitrogens with two attached hydrogens (primary N) is 1. The molecule has 4 heteroatoms. The summed E-state index contributed by atoms with van der Waals surface area (Å²) in [6, 6.07) is 2.18. The van der Waals surface area contributed by atoms with Crippen LogP contribution in [-0.4, -0.2) is 29.9 Å². The van der Waals surface area contributed by atoms with Crippen LogP contribution >= 0.6 is 11.3 Å². The van der Waals surface area contributed by atoms with Crippen LogP contribution in [0, 0.1) is 5.92 Å². The molecular formula is C13H20N2OS. The van der Waals surface area contributed by atoms with Crippen LogP contribution in [-0.2, 0) is 6.42 Å². The Balaban J connectivity index is 2.14. The molecule has 1 aromatic rings. The Morgan fingerprint density at radius 3 is 3.00 bits per heavy atom. The molecule has 94 valence electrons. The summed E-state index contributed by atoms with van der Waals surface area (Å²) in [4.78, 5) is 15.2. The first-order chi connectivity index (χ1) is 8.11. The third-order valence-corrected chi connectivity index (χ3v) is 4.25. The van der Waals surface area contributed by atoms with Gasteiger partial charge in [0.15, 0.2) is 0 Å². The fraction of sp³-hybridized carbons (Fsp3) is 0.615. The maximum Gasteiger partial charge on any atom is 0.264 e. The predicted molar refractivity (Wildman–Crippen MR) is 71.4 cm³/mol. The quantitative estimate of drug-likeness (QED) is 0.876. The highest BCUT2D eigenvalue weighted by Gasteiger charge is 2.27. The molecule has 0 radical (unpaired) electrons. The molecule has 2 rings (SSSR count). The largest absolute Gasteiger partial charge is 0.336 e. The third kappa shape index (κ3) is 2.69. The lowest BCUT2D eigenvalue weighted by molar-refractivity contribution is 0.0665. The number of carbonyl (C=O) groups is 1. The molecule has 2 heterocycles. The molecule has 0 aromatic carbocycles. The van der Waals surface area contributed by atoms with Crippen molar-refractivity contribution in [3.8, 4) is 0 Å². The van der Waals surface area contributed by atoms with E-state index in [0.717, 1.165) is 29.8 Å². The number of hydrogen-bond donors (Lipinski definition) is 1. The number of thiophene rings is 1. The van der Waals surface area contributed by atoms with E-state index in [0.29, 0.717) is 12.5 Å². The van der Waals surface area contributed by atoms with E-state index in [1.165, 1.54) is 0 Å². The van der Waals surface area contributed by atoms with Gasteiger partial charge in [-0.2, -0.15) is 0 Å². The van der Waals surface area contributed by atoms with Gasteiger partial charge < -0.3 is 10.6 Å². The van der Waals surface area contributed by atoms with Gasteiger partial charge in [0.25, 0.3) is 5.91 Å². The van der Waals surface area contributed by atoms with Crippen LogP contribution in [0.3, 0.4) is 0 Å². The van der Waals surface area contributed by atoms with Gasteiger partial charge in [-0.05, 0) is 35.8 Å². The van der Waals surface area contributed by atoms with Crippen LogP contribution in [0.4, 0.5) is 0 Å². The SMILES string of the molecule is CCc1ccsc1C(=O)N1CC(C)CC(N)C1. The molecule has 2 atom stereocenters. The highest BCUT2D eigenvalue weighted by Crippen LogP contribution is 2.23. The van der Waals surface area contributed by atoms with Gasteiger partial charge in [-0.25, -0.2) is 0 Å². The van der Waals surface area contributed by atoms with Gasteiger partial charge >= 0.3 is 0 Å².